The van der Waals surface area contributed by atoms with Gasteiger partial charge in [0.1, 0.15) is 5.75 Å². The van der Waals surface area contributed by atoms with Crippen LogP contribution in [0.5, 0.6) is 5.75 Å². The smallest absolute Gasteiger partial charge is 0.322 e. The zero-order valence-corrected chi connectivity index (χ0v) is 16.2. The Morgan fingerprint density at radius 1 is 1.11 bits per heavy atom. The second-order valence-corrected chi connectivity index (χ2v) is 8.06. The van der Waals surface area contributed by atoms with Gasteiger partial charge in [-0.25, -0.2) is 12.7 Å². The van der Waals surface area contributed by atoms with Crippen molar-refractivity contribution in [2.24, 2.45) is 0 Å². The summed E-state index contributed by atoms with van der Waals surface area (Å²) in [6.45, 7) is 0. The topological polar surface area (TPSA) is 115 Å². The molecule has 28 heavy (non-hydrogen) atoms. The number of hydrogen-bond donors (Lipinski definition) is 1. The highest BCUT2D eigenvalue weighted by Crippen LogP contribution is 2.24. The van der Waals surface area contributed by atoms with E-state index in [9.17, 15) is 13.2 Å². The van der Waals surface area contributed by atoms with Crippen LogP contribution in [-0.2, 0) is 10.0 Å². The molecule has 0 fully saturated rings. The molecule has 2 aromatic carbocycles. The fourth-order valence-corrected chi connectivity index (χ4v) is 3.21. The van der Waals surface area contributed by atoms with Gasteiger partial charge in [-0.2, -0.15) is 0 Å². The summed E-state index contributed by atoms with van der Waals surface area (Å²) in [6, 6.07) is 12.5. The molecular weight excluding hydrogens is 384 g/mol. The summed E-state index contributed by atoms with van der Waals surface area (Å²) < 4.78 is 35.8. The molecule has 0 atom stereocenters. The van der Waals surface area contributed by atoms with Crippen molar-refractivity contribution in [2.45, 2.75) is 4.90 Å². The Morgan fingerprint density at radius 3 is 2.46 bits per heavy atom. The van der Waals surface area contributed by atoms with Crippen LogP contribution in [-0.4, -0.2) is 50.0 Å². The van der Waals surface area contributed by atoms with Crippen LogP contribution in [0.4, 0.5) is 6.01 Å². The molecule has 1 N–H and O–H groups in total. The number of rotatable bonds is 6. The molecule has 0 saturated carbocycles. The van der Waals surface area contributed by atoms with Gasteiger partial charge in [0.15, 0.2) is 0 Å². The monoisotopic (exact) mass is 402 g/mol. The van der Waals surface area contributed by atoms with E-state index in [-0.39, 0.29) is 22.4 Å². The Hall–Kier alpha value is -3.24. The highest BCUT2D eigenvalue weighted by Gasteiger charge is 2.18. The Balaban J connectivity index is 1.74. The number of anilines is 1. The maximum absolute atomic E-state index is 12.3. The average Bonchev–Trinajstić information content (AvgIpc) is 3.16. The number of sulfonamides is 1. The molecule has 1 aromatic heterocycles. The Bertz CT molecular complexity index is 1090. The van der Waals surface area contributed by atoms with Gasteiger partial charge < -0.3 is 9.15 Å². The van der Waals surface area contributed by atoms with E-state index < -0.39 is 15.9 Å². The highest BCUT2D eigenvalue weighted by molar-refractivity contribution is 7.89. The van der Waals surface area contributed by atoms with Gasteiger partial charge in [-0.15, -0.1) is 5.10 Å². The SMILES string of the molecule is COc1cccc(-c2nnc(NC(=O)c3ccc(S(=O)(=O)N(C)C)cc3)o2)c1. The van der Waals surface area contributed by atoms with Crippen LogP contribution in [0.1, 0.15) is 10.4 Å². The summed E-state index contributed by atoms with van der Waals surface area (Å²) in [5.41, 5.74) is 0.893. The maximum atomic E-state index is 12.3. The van der Waals surface area contributed by atoms with Crippen LogP contribution in [0.25, 0.3) is 11.5 Å². The minimum atomic E-state index is -3.56. The zero-order chi connectivity index (χ0) is 20.3. The van der Waals surface area contributed by atoms with Crippen molar-refractivity contribution < 1.29 is 22.4 Å². The maximum Gasteiger partial charge on any atom is 0.322 e. The van der Waals surface area contributed by atoms with E-state index in [2.05, 4.69) is 15.5 Å². The molecule has 1 heterocycles. The number of carbonyl (C=O) groups excluding carboxylic acids is 1. The number of aromatic nitrogens is 2. The van der Waals surface area contributed by atoms with Gasteiger partial charge in [-0.05, 0) is 42.5 Å². The van der Waals surface area contributed by atoms with E-state index in [1.54, 1.807) is 31.4 Å². The Labute approximate surface area is 162 Å². The highest BCUT2D eigenvalue weighted by atomic mass is 32.2. The van der Waals surface area contributed by atoms with Gasteiger partial charge >= 0.3 is 6.01 Å². The second-order valence-electron chi connectivity index (χ2n) is 5.91. The van der Waals surface area contributed by atoms with E-state index in [1.807, 2.05) is 0 Å². The number of nitrogens with one attached hydrogen (secondary N) is 1. The average molecular weight is 402 g/mol. The Kier molecular flexibility index (Phi) is 5.43. The predicted molar refractivity (Wildman–Crippen MR) is 102 cm³/mol. The molecule has 1 amide bonds. The van der Waals surface area contributed by atoms with Gasteiger partial charge in [0.05, 0.1) is 12.0 Å². The lowest BCUT2D eigenvalue weighted by Gasteiger charge is -2.11. The van der Waals surface area contributed by atoms with Crippen LogP contribution >= 0.6 is 0 Å². The predicted octanol–water partition coefficient (Wildman–Crippen LogP) is 2.25. The first kappa shape index (κ1) is 19.5. The van der Waals surface area contributed by atoms with Crippen molar-refractivity contribution >= 4 is 21.9 Å². The molecule has 10 heteroatoms. The third-order valence-corrected chi connectivity index (χ3v) is 5.69. The molecule has 9 nitrogen and oxygen atoms in total. The number of benzene rings is 2. The molecule has 0 bridgehead atoms. The fraction of sp³-hybridized carbons (Fsp3) is 0.167. The lowest BCUT2D eigenvalue weighted by atomic mass is 10.2. The van der Waals surface area contributed by atoms with Gasteiger partial charge in [0.25, 0.3) is 5.91 Å². The van der Waals surface area contributed by atoms with E-state index in [0.717, 1.165) is 4.31 Å². The number of nitrogens with zero attached hydrogens (tertiary/aromatic N) is 3. The summed E-state index contributed by atoms with van der Waals surface area (Å²) in [5.74, 6) is 0.352. The fourth-order valence-electron chi connectivity index (χ4n) is 2.30. The summed E-state index contributed by atoms with van der Waals surface area (Å²) >= 11 is 0. The van der Waals surface area contributed by atoms with Crippen LogP contribution < -0.4 is 10.1 Å². The first-order valence-electron chi connectivity index (χ1n) is 8.13. The number of hydrogen-bond acceptors (Lipinski definition) is 7. The molecule has 0 aliphatic rings. The van der Waals surface area contributed by atoms with E-state index in [0.29, 0.717) is 11.3 Å². The standard InChI is InChI=1S/C18H18N4O5S/c1-22(2)28(24,25)15-9-7-12(8-10-15)16(23)19-18-21-20-17(27-18)13-5-4-6-14(11-13)26-3/h4-11H,1-3H3,(H,19,21,23). The second kappa shape index (κ2) is 7.79. The lowest BCUT2D eigenvalue weighted by Crippen LogP contribution is -2.22. The lowest BCUT2D eigenvalue weighted by molar-refractivity contribution is 0.102. The van der Waals surface area contributed by atoms with Gasteiger partial charge in [-0.1, -0.05) is 11.2 Å². The summed E-state index contributed by atoms with van der Waals surface area (Å²) in [4.78, 5) is 12.4. The first-order chi connectivity index (χ1) is 13.3. The van der Waals surface area contributed by atoms with Crippen molar-refractivity contribution in [2.75, 3.05) is 26.5 Å². The van der Waals surface area contributed by atoms with Crippen molar-refractivity contribution in [1.29, 1.82) is 0 Å². The molecule has 3 aromatic rings. The van der Waals surface area contributed by atoms with Gasteiger partial charge in [0.2, 0.25) is 15.9 Å². The molecule has 146 valence electrons. The van der Waals surface area contributed by atoms with Gasteiger partial charge in [0, 0.05) is 25.2 Å². The molecule has 0 unspecified atom stereocenters. The molecule has 0 aliphatic heterocycles. The van der Waals surface area contributed by atoms with Crippen LogP contribution in [0, 0.1) is 0 Å². The minimum absolute atomic E-state index is 0.0761. The number of ether oxygens (including phenoxy) is 1. The van der Waals surface area contributed by atoms with E-state index in [4.69, 9.17) is 9.15 Å². The third-order valence-electron chi connectivity index (χ3n) is 3.86. The number of methoxy groups -OCH3 is 1. The summed E-state index contributed by atoms with van der Waals surface area (Å²) in [5, 5.41) is 10.2. The summed E-state index contributed by atoms with van der Waals surface area (Å²) in [7, 11) is 0.860. The molecule has 0 aliphatic carbocycles. The van der Waals surface area contributed by atoms with E-state index in [1.165, 1.54) is 38.4 Å². The van der Waals surface area contributed by atoms with E-state index >= 15 is 0 Å². The number of carbonyl (C=O) groups is 1. The quantitative estimate of drug-likeness (QED) is 0.672. The van der Waals surface area contributed by atoms with Gasteiger partial charge in [-0.3, -0.25) is 10.1 Å². The van der Waals surface area contributed by atoms with Crippen molar-refractivity contribution in [1.82, 2.24) is 14.5 Å². The van der Waals surface area contributed by atoms with Crippen LogP contribution in [0.2, 0.25) is 0 Å². The number of amides is 1. The molecule has 0 radical (unpaired) electrons. The normalized spacial score (nSPS) is 11.4. The first-order valence-corrected chi connectivity index (χ1v) is 9.57. The molecular formula is C18H18N4O5S. The summed E-state index contributed by atoms with van der Waals surface area (Å²) in [6.07, 6.45) is 0. The third kappa shape index (κ3) is 4.02. The van der Waals surface area contributed by atoms with Crippen molar-refractivity contribution in [3.8, 4) is 17.2 Å². The molecule has 0 spiro atoms. The molecule has 0 saturated heterocycles. The minimum Gasteiger partial charge on any atom is -0.497 e. The molecule has 3 rings (SSSR count). The largest absolute Gasteiger partial charge is 0.497 e. The van der Waals surface area contributed by atoms with Crippen molar-refractivity contribution in [3.05, 3.63) is 54.1 Å². The Morgan fingerprint density at radius 2 is 1.82 bits per heavy atom. The van der Waals surface area contributed by atoms with Crippen molar-refractivity contribution in [3.63, 3.8) is 0 Å². The zero-order valence-electron chi connectivity index (χ0n) is 15.4. The van der Waals surface area contributed by atoms with Crippen LogP contribution in [0.15, 0.2) is 57.8 Å². The van der Waals surface area contributed by atoms with Crippen LogP contribution in [0.3, 0.4) is 0 Å².